The number of hydrogen-bond donors (Lipinski definition) is 3. The molecule has 0 aromatic carbocycles. The summed E-state index contributed by atoms with van der Waals surface area (Å²) >= 11 is 0. The van der Waals surface area contributed by atoms with E-state index in [0.717, 1.165) is 132 Å². The van der Waals surface area contributed by atoms with Crippen molar-refractivity contribution in [2.45, 2.75) is 316 Å². The number of carbonyl (C=O) groups is 19. The van der Waals surface area contributed by atoms with Crippen molar-refractivity contribution in [1.82, 2.24) is 10.6 Å². The molecule has 0 bridgehead atoms. The van der Waals surface area contributed by atoms with E-state index in [0.29, 0.717) is 0 Å². The van der Waals surface area contributed by atoms with Crippen LogP contribution in [0.25, 0.3) is 0 Å². The third-order valence-electron chi connectivity index (χ3n) is 17.9. The second-order valence-electron chi connectivity index (χ2n) is 28.4. The highest BCUT2D eigenvalue weighted by molar-refractivity contribution is 5.75. The maximum absolute atomic E-state index is 14.0. The van der Waals surface area contributed by atoms with Gasteiger partial charge in [0.15, 0.2) is 105 Å². The molecule has 0 spiro atoms. The Morgan fingerprint density at radius 2 is 0.379 bits per heavy atom. The molecule has 6 fully saturated rings. The molecule has 2 amide bonds. The summed E-state index contributed by atoms with van der Waals surface area (Å²) in [6.07, 6.45) is -59.2. The molecule has 0 radical (unpaired) electrons. The highest BCUT2D eigenvalue weighted by Crippen LogP contribution is 2.42. The lowest BCUT2D eigenvalue weighted by atomic mass is 9.93. The van der Waals surface area contributed by atoms with Gasteiger partial charge in [0.05, 0.1) is 0 Å². The van der Waals surface area contributed by atoms with Crippen LogP contribution in [0.15, 0.2) is 0 Å². The first-order chi connectivity index (χ1) is 58.0. The van der Waals surface area contributed by atoms with Gasteiger partial charge in [-0.3, -0.25) is 91.1 Å². The fraction of sp³-hybridized carbons (Fsp3) is 0.743. The Kier molecular flexibility index (Phi) is 38.7. The van der Waals surface area contributed by atoms with Gasteiger partial charge in [-0.25, -0.2) is 0 Å². The lowest BCUT2D eigenvalue weighted by molar-refractivity contribution is -0.387. The first-order valence-corrected chi connectivity index (χ1v) is 38.1. The largest absolute Gasteiger partial charge is 0.463 e. The minimum absolute atomic E-state index is 0.809. The molecule has 124 heavy (non-hydrogen) atoms. The normalized spacial score (nSPS) is 33.1. The Labute approximate surface area is 705 Å². The highest BCUT2D eigenvalue weighted by atomic mass is 16.8. The van der Waals surface area contributed by atoms with E-state index in [2.05, 4.69) is 10.6 Å². The standard InChI is InChI=1S/C74H102N2O48/c1-26(77)75-51-59(106-37(12)88)53(120-72-66(111-42(17)93)62(109-40(15)91)55(103-34(9)85)48(117-72)23-100-31(6)82)46(21-98-29(4)80)115-70(51)123-63-56(104-35(10)86)49(24-101-32(7)83)118-73(67(63)112-43(18)94)121-54-47(22-99-30(5)81)116-71(52(76-27(2)78)60(54)107-38(13)89)124-64-57(105-36(11)87)50(25-102-33(8)84)119-74(68(64)113-44(19)95)122-58-45(20-97-28(3)79)114-69(96)65(110-41(16)92)61(58)108-39(14)90/h45-74,96H,20-25H2,1-19H3,(H,75,77)(H,76,78)/t45-,46-,47-,48-,49-,50-,51-,52-,53-,54-,55+,56+,57+,58-,59-,60-,61+,62+,63+,64+,65-,66-,67-,68-,69?,70+,71+,72+,73+,74+/m1/s1. The SMILES string of the molecule is CC(=O)N[C@H]1[C@H](O[C@H]2[C@@H](OC(C)=O)[C@@H](COC(C)=O)O[C@@H](O[C@H]3[C@H](OC(C)=O)[C@@H](NC(C)=O)[C@H](O[C@H]4[C@@H](OC(C)=O)[C@@H](COC(C)=O)O[C@@H](O[C@H]5[C@H](OC(C)=O)[C@@H](OC(C)=O)C(O)O[C@@H]5COC(C)=O)[C@@H]4OC(C)=O)O[C@@H]3COC(C)=O)[C@@H]2OC(C)=O)O[C@H](COC(C)=O)[C@@H](O[C@@H]2O[C@H](COC(C)=O)[C@H](OC(C)=O)[C@H](OC(C)=O)[C@H]2OC(C)=O)[C@@H]1OC(C)=O. The number of ether oxygens (including phenoxy) is 28. The third-order valence-corrected chi connectivity index (χ3v) is 17.9. The van der Waals surface area contributed by atoms with Gasteiger partial charge in [-0.2, -0.15) is 0 Å². The maximum Gasteiger partial charge on any atom is 0.303 e. The predicted octanol–water partition coefficient (Wildman–Crippen LogP) is -4.11. The zero-order chi connectivity index (χ0) is 92.7. The average molecular weight is 1790 g/mol. The van der Waals surface area contributed by atoms with Gasteiger partial charge in [-0.05, 0) is 0 Å². The zero-order valence-corrected chi connectivity index (χ0v) is 70.7. The van der Waals surface area contributed by atoms with Crippen LogP contribution in [0.4, 0.5) is 0 Å². The molecular weight excluding hydrogens is 1680 g/mol. The lowest BCUT2D eigenvalue weighted by Gasteiger charge is -2.52. The van der Waals surface area contributed by atoms with Gasteiger partial charge in [0.1, 0.15) is 119 Å². The predicted molar refractivity (Wildman–Crippen MR) is 385 cm³/mol. The molecular formula is C74H102N2O48. The van der Waals surface area contributed by atoms with Gasteiger partial charge in [-0.1, -0.05) is 0 Å². The smallest absolute Gasteiger partial charge is 0.303 e. The first-order valence-electron chi connectivity index (χ1n) is 38.1. The maximum atomic E-state index is 14.0. The van der Waals surface area contributed by atoms with Gasteiger partial charge >= 0.3 is 101 Å². The highest BCUT2D eigenvalue weighted by Gasteiger charge is 2.64. The fourth-order valence-electron chi connectivity index (χ4n) is 13.8. The minimum Gasteiger partial charge on any atom is -0.463 e. The van der Waals surface area contributed by atoms with Gasteiger partial charge in [0.25, 0.3) is 0 Å². The van der Waals surface area contributed by atoms with Crippen LogP contribution in [0.5, 0.6) is 0 Å². The Hall–Kier alpha value is -10.6. The van der Waals surface area contributed by atoms with E-state index in [1.54, 1.807) is 0 Å². The summed E-state index contributed by atoms with van der Waals surface area (Å²) in [5.74, 6) is -21.0. The number of carbonyl (C=O) groups excluding carboxylic acids is 19. The monoisotopic (exact) mass is 1790 g/mol. The summed E-state index contributed by atoms with van der Waals surface area (Å²) in [4.78, 5) is 251. The van der Waals surface area contributed by atoms with E-state index in [-0.39, 0.29) is 0 Å². The van der Waals surface area contributed by atoms with E-state index in [9.17, 15) is 96.2 Å². The van der Waals surface area contributed by atoms with Crippen LogP contribution in [-0.2, 0) is 224 Å². The van der Waals surface area contributed by atoms with Crippen LogP contribution in [0.2, 0.25) is 0 Å². The number of amides is 2. The Balaban J connectivity index is 1.61. The van der Waals surface area contributed by atoms with Crippen molar-refractivity contribution in [2.75, 3.05) is 39.6 Å². The van der Waals surface area contributed by atoms with Crippen molar-refractivity contribution in [3.63, 3.8) is 0 Å². The van der Waals surface area contributed by atoms with E-state index >= 15 is 0 Å². The second kappa shape index (κ2) is 47.0. The fourth-order valence-corrected chi connectivity index (χ4v) is 13.8. The lowest BCUT2D eigenvalue weighted by Crippen LogP contribution is -2.72. The van der Waals surface area contributed by atoms with Gasteiger partial charge in [0.2, 0.25) is 11.8 Å². The molecule has 6 aliphatic heterocycles. The van der Waals surface area contributed by atoms with Crippen molar-refractivity contribution >= 4 is 113 Å². The Bertz CT molecular complexity index is 3850. The van der Waals surface area contributed by atoms with E-state index in [4.69, 9.17) is 133 Å². The van der Waals surface area contributed by atoms with Crippen molar-refractivity contribution in [1.29, 1.82) is 0 Å². The molecule has 6 saturated heterocycles. The summed E-state index contributed by atoms with van der Waals surface area (Å²) in [7, 11) is 0. The molecule has 30 atom stereocenters. The topological polar surface area (TPSA) is 627 Å². The van der Waals surface area contributed by atoms with E-state index in [1.807, 2.05) is 0 Å². The number of nitrogens with one attached hydrogen (secondary N) is 2. The quantitative estimate of drug-likeness (QED) is 0.0401. The zero-order valence-electron chi connectivity index (χ0n) is 70.7. The summed E-state index contributed by atoms with van der Waals surface area (Å²) in [5.41, 5.74) is 0. The molecule has 0 aliphatic carbocycles. The van der Waals surface area contributed by atoms with Crippen molar-refractivity contribution in [3.8, 4) is 0 Å². The molecule has 3 N–H and O–H groups in total. The molecule has 6 rings (SSSR count). The number of aliphatic hydroxyl groups is 1. The molecule has 0 aromatic heterocycles. The number of esters is 17. The molecule has 50 nitrogen and oxygen atoms in total. The molecule has 50 heteroatoms. The van der Waals surface area contributed by atoms with Gasteiger partial charge in [0, 0.05) is 132 Å². The molecule has 1 unspecified atom stereocenters. The second-order valence-corrected chi connectivity index (χ2v) is 28.4. The van der Waals surface area contributed by atoms with Crippen LogP contribution in [0, 0.1) is 0 Å². The van der Waals surface area contributed by atoms with Crippen LogP contribution in [0.1, 0.15) is 132 Å². The van der Waals surface area contributed by atoms with Gasteiger partial charge < -0.3 is 148 Å². The number of hydrogen-bond acceptors (Lipinski definition) is 48. The molecule has 6 heterocycles. The van der Waals surface area contributed by atoms with Crippen LogP contribution in [0.3, 0.4) is 0 Å². The van der Waals surface area contributed by atoms with Crippen molar-refractivity contribution in [3.05, 3.63) is 0 Å². The summed E-state index contributed by atoms with van der Waals surface area (Å²) in [6.45, 7) is 11.3. The summed E-state index contributed by atoms with van der Waals surface area (Å²) in [5, 5.41) is 16.3. The molecule has 696 valence electrons. The van der Waals surface area contributed by atoms with Gasteiger partial charge in [-0.15, -0.1) is 0 Å². The van der Waals surface area contributed by atoms with E-state index in [1.165, 1.54) is 0 Å². The molecule has 0 saturated carbocycles. The van der Waals surface area contributed by atoms with Crippen LogP contribution < -0.4 is 10.6 Å². The Morgan fingerprint density at radius 3 is 0.629 bits per heavy atom. The minimum atomic E-state index is -2.45. The van der Waals surface area contributed by atoms with E-state index < -0.39 is 337 Å². The average Bonchev–Trinajstić information content (AvgIpc) is 0.780. The number of rotatable bonds is 35. The Morgan fingerprint density at radius 1 is 0.202 bits per heavy atom. The van der Waals surface area contributed by atoms with Crippen molar-refractivity contribution < 1.29 is 229 Å². The molecule has 0 aromatic rings. The summed E-state index contributed by atoms with van der Waals surface area (Å²) in [6, 6.07) is -4.22. The van der Waals surface area contributed by atoms with Crippen LogP contribution in [-0.4, -0.2) is 342 Å². The molecule has 6 aliphatic rings. The van der Waals surface area contributed by atoms with Crippen molar-refractivity contribution in [2.24, 2.45) is 0 Å². The third kappa shape index (κ3) is 30.4. The summed E-state index contributed by atoms with van der Waals surface area (Å²) < 4.78 is 167. The number of aliphatic hydroxyl groups excluding tert-OH is 1. The first kappa shape index (κ1) is 102. The van der Waals surface area contributed by atoms with Crippen LogP contribution >= 0.6 is 0 Å².